The summed E-state index contributed by atoms with van der Waals surface area (Å²) in [6.45, 7) is 5.93. The Kier molecular flexibility index (Phi) is 7.13. The average molecular weight is 666 g/mol. The van der Waals surface area contributed by atoms with Gasteiger partial charge in [-0.2, -0.15) is 9.78 Å². The minimum absolute atomic E-state index is 0.158. The lowest BCUT2D eigenvalue weighted by Gasteiger charge is -2.16. The highest BCUT2D eigenvalue weighted by Crippen LogP contribution is 2.29. The quantitative estimate of drug-likeness (QED) is 0.258. The van der Waals surface area contributed by atoms with Crippen LogP contribution < -0.4 is 10.3 Å². The standard InChI is InChI=1S/C20H18BrI2N3O2/c1-4-11(2)28-19-16(22)7-13(8-17(19)23)10-24-26-12(3)25-18-6-5-14(21)9-15(18)20(26)27/h5-11H,4H2,1-3H3/t11-/m0/s1. The lowest BCUT2D eigenvalue weighted by molar-refractivity contribution is 0.214. The molecule has 146 valence electrons. The summed E-state index contributed by atoms with van der Waals surface area (Å²) >= 11 is 7.94. The maximum absolute atomic E-state index is 12.8. The van der Waals surface area contributed by atoms with Crippen LogP contribution in [0.15, 0.2) is 44.7 Å². The minimum Gasteiger partial charge on any atom is -0.489 e. The van der Waals surface area contributed by atoms with Crippen LogP contribution in [0.1, 0.15) is 31.7 Å². The van der Waals surface area contributed by atoms with Crippen molar-refractivity contribution in [2.75, 3.05) is 0 Å². The van der Waals surface area contributed by atoms with Crippen LogP contribution in [0.25, 0.3) is 10.9 Å². The summed E-state index contributed by atoms with van der Waals surface area (Å²) < 4.78 is 10.2. The highest BCUT2D eigenvalue weighted by atomic mass is 127. The second-order valence-corrected chi connectivity index (χ2v) is 9.57. The molecule has 0 spiro atoms. The Hall–Kier alpha value is -1.01. The second-order valence-electron chi connectivity index (χ2n) is 6.33. The number of hydrogen-bond donors (Lipinski definition) is 0. The van der Waals surface area contributed by atoms with Crippen LogP contribution in [0.5, 0.6) is 5.75 Å². The van der Waals surface area contributed by atoms with Crippen molar-refractivity contribution in [3.8, 4) is 5.75 Å². The Morgan fingerprint density at radius 1 is 1.29 bits per heavy atom. The first-order valence-electron chi connectivity index (χ1n) is 8.69. The van der Waals surface area contributed by atoms with E-state index in [9.17, 15) is 4.79 Å². The van der Waals surface area contributed by atoms with Crippen LogP contribution in [0.3, 0.4) is 0 Å². The van der Waals surface area contributed by atoms with E-state index in [1.165, 1.54) is 4.68 Å². The summed E-state index contributed by atoms with van der Waals surface area (Å²) in [5.41, 5.74) is 1.36. The number of hydrogen-bond acceptors (Lipinski definition) is 4. The van der Waals surface area contributed by atoms with Crippen LogP contribution in [0, 0.1) is 14.1 Å². The topological polar surface area (TPSA) is 56.5 Å². The van der Waals surface area contributed by atoms with Gasteiger partial charge in [-0.15, -0.1) is 0 Å². The Balaban J connectivity index is 1.99. The molecule has 0 bridgehead atoms. The monoisotopic (exact) mass is 665 g/mol. The van der Waals surface area contributed by atoms with Crippen molar-refractivity contribution in [2.45, 2.75) is 33.3 Å². The zero-order valence-corrected chi connectivity index (χ0v) is 21.4. The molecule has 2 aromatic carbocycles. The predicted octanol–water partition coefficient (Wildman–Crippen LogP) is 5.74. The van der Waals surface area contributed by atoms with E-state index >= 15 is 0 Å². The molecule has 3 rings (SSSR count). The van der Waals surface area contributed by atoms with Gasteiger partial charge in [0.15, 0.2) is 0 Å². The van der Waals surface area contributed by atoms with Crippen molar-refractivity contribution >= 4 is 78.2 Å². The zero-order chi connectivity index (χ0) is 20.4. The molecular weight excluding hydrogens is 648 g/mol. The molecule has 5 nitrogen and oxygen atoms in total. The predicted molar refractivity (Wildman–Crippen MR) is 134 cm³/mol. The van der Waals surface area contributed by atoms with Gasteiger partial charge in [-0.25, -0.2) is 4.98 Å². The number of aromatic nitrogens is 2. The third-order valence-corrected chi connectivity index (χ3v) is 6.30. The Morgan fingerprint density at radius 3 is 2.61 bits per heavy atom. The van der Waals surface area contributed by atoms with Gasteiger partial charge in [0.2, 0.25) is 0 Å². The first-order chi connectivity index (χ1) is 13.3. The molecule has 0 unspecified atom stereocenters. The average Bonchev–Trinajstić information content (AvgIpc) is 2.65. The Bertz CT molecular complexity index is 1110. The van der Waals surface area contributed by atoms with E-state index in [0.717, 1.165) is 29.3 Å². The molecule has 0 amide bonds. The van der Waals surface area contributed by atoms with Gasteiger partial charge in [-0.3, -0.25) is 4.79 Å². The third kappa shape index (κ3) is 4.76. The SMILES string of the molecule is CC[C@H](C)Oc1c(I)cc(C=Nn2c(C)nc3ccc(Br)cc3c2=O)cc1I. The number of rotatable bonds is 5. The maximum atomic E-state index is 12.8. The molecule has 0 aliphatic heterocycles. The van der Waals surface area contributed by atoms with Gasteiger partial charge in [0.25, 0.3) is 5.56 Å². The highest BCUT2D eigenvalue weighted by Gasteiger charge is 2.12. The normalized spacial score (nSPS) is 12.6. The van der Waals surface area contributed by atoms with Gasteiger partial charge in [0, 0.05) is 4.47 Å². The van der Waals surface area contributed by atoms with E-state index in [1.54, 1.807) is 19.2 Å². The van der Waals surface area contributed by atoms with E-state index in [0.29, 0.717) is 16.7 Å². The molecule has 0 N–H and O–H groups in total. The van der Waals surface area contributed by atoms with Crippen LogP contribution in [0.4, 0.5) is 0 Å². The molecule has 0 saturated heterocycles. The molecule has 0 fully saturated rings. The van der Waals surface area contributed by atoms with E-state index in [4.69, 9.17) is 4.74 Å². The fourth-order valence-corrected chi connectivity index (χ4v) is 5.00. The maximum Gasteiger partial charge on any atom is 0.282 e. The molecule has 1 aromatic heterocycles. The van der Waals surface area contributed by atoms with Gasteiger partial charge in [-0.1, -0.05) is 22.9 Å². The summed E-state index contributed by atoms with van der Waals surface area (Å²) in [4.78, 5) is 17.3. The van der Waals surface area contributed by atoms with Crippen molar-refractivity contribution in [1.82, 2.24) is 9.66 Å². The molecule has 8 heteroatoms. The molecule has 28 heavy (non-hydrogen) atoms. The summed E-state index contributed by atoms with van der Waals surface area (Å²) in [5.74, 6) is 1.43. The van der Waals surface area contributed by atoms with Gasteiger partial charge in [0.1, 0.15) is 11.6 Å². The van der Waals surface area contributed by atoms with Gasteiger partial charge in [0.05, 0.1) is 30.4 Å². The lowest BCUT2D eigenvalue weighted by atomic mass is 10.2. The van der Waals surface area contributed by atoms with Crippen molar-refractivity contribution in [1.29, 1.82) is 0 Å². The molecule has 0 radical (unpaired) electrons. The summed E-state index contributed by atoms with van der Waals surface area (Å²) in [6.07, 6.45) is 2.78. The van der Waals surface area contributed by atoms with E-state index in [1.807, 2.05) is 24.3 Å². The summed E-state index contributed by atoms with van der Waals surface area (Å²) in [6, 6.07) is 9.45. The first-order valence-corrected chi connectivity index (χ1v) is 11.6. The fourth-order valence-electron chi connectivity index (χ4n) is 2.57. The number of benzene rings is 2. The Morgan fingerprint density at radius 2 is 1.96 bits per heavy atom. The molecule has 0 saturated carbocycles. The van der Waals surface area contributed by atoms with Crippen LogP contribution >= 0.6 is 61.1 Å². The van der Waals surface area contributed by atoms with Crippen molar-refractivity contribution in [3.05, 3.63) is 63.7 Å². The second kappa shape index (κ2) is 9.21. The highest BCUT2D eigenvalue weighted by molar-refractivity contribution is 14.1. The van der Waals surface area contributed by atoms with Crippen LogP contribution in [-0.2, 0) is 0 Å². The molecule has 0 aliphatic carbocycles. The zero-order valence-electron chi connectivity index (χ0n) is 15.5. The van der Waals surface area contributed by atoms with Crippen molar-refractivity contribution < 1.29 is 4.74 Å². The lowest BCUT2D eigenvalue weighted by Crippen LogP contribution is -2.20. The summed E-state index contributed by atoms with van der Waals surface area (Å²) in [7, 11) is 0. The minimum atomic E-state index is -0.193. The number of halogens is 3. The molecular formula is C20H18BrI2N3O2. The number of nitrogens with zero attached hydrogens (tertiary/aromatic N) is 3. The number of aryl methyl sites for hydroxylation is 1. The van der Waals surface area contributed by atoms with E-state index in [-0.39, 0.29) is 11.7 Å². The van der Waals surface area contributed by atoms with Gasteiger partial charge >= 0.3 is 0 Å². The summed E-state index contributed by atoms with van der Waals surface area (Å²) in [5, 5.41) is 4.92. The molecule has 1 atom stereocenters. The molecule has 0 aliphatic rings. The molecule has 3 aromatic rings. The third-order valence-electron chi connectivity index (χ3n) is 4.21. The van der Waals surface area contributed by atoms with Crippen LogP contribution in [0.2, 0.25) is 0 Å². The molecule has 1 heterocycles. The first kappa shape index (κ1) is 21.7. The fraction of sp³-hybridized carbons (Fsp3) is 0.250. The van der Waals surface area contributed by atoms with E-state index < -0.39 is 0 Å². The van der Waals surface area contributed by atoms with Crippen LogP contribution in [-0.4, -0.2) is 22.0 Å². The number of ether oxygens (including phenoxy) is 1. The largest absolute Gasteiger partial charge is 0.489 e. The van der Waals surface area contributed by atoms with Crippen molar-refractivity contribution in [3.63, 3.8) is 0 Å². The van der Waals surface area contributed by atoms with Gasteiger partial charge < -0.3 is 4.74 Å². The van der Waals surface area contributed by atoms with E-state index in [2.05, 4.69) is 85.0 Å². The number of fused-ring (bicyclic) bond motifs is 1. The van der Waals surface area contributed by atoms with Gasteiger partial charge in [-0.05, 0) is 101 Å². The smallest absolute Gasteiger partial charge is 0.282 e. The van der Waals surface area contributed by atoms with Crippen molar-refractivity contribution in [2.24, 2.45) is 5.10 Å². The Labute approximate surface area is 199 Å².